The fourth-order valence-electron chi connectivity index (χ4n) is 3.49. The summed E-state index contributed by atoms with van der Waals surface area (Å²) in [5.41, 5.74) is 0.250. The zero-order chi connectivity index (χ0) is 25.4. The van der Waals surface area contributed by atoms with Crippen molar-refractivity contribution >= 4 is 28.9 Å². The lowest BCUT2D eigenvalue weighted by atomic mass is 9.88. The molecule has 2 aromatic heterocycles. The van der Waals surface area contributed by atoms with Gasteiger partial charge in [0.2, 0.25) is 0 Å². The topological polar surface area (TPSA) is 135 Å². The van der Waals surface area contributed by atoms with Gasteiger partial charge in [-0.3, -0.25) is 4.79 Å². The molecule has 3 rings (SSSR count). The first-order chi connectivity index (χ1) is 16.9. The Kier molecular flexibility index (Phi) is 8.69. The number of fused-ring (bicyclic) bond motifs is 1. The third kappa shape index (κ3) is 5.72. The maximum Gasteiger partial charge on any atom is 0.338 e. The van der Waals surface area contributed by atoms with Crippen LogP contribution in [-0.4, -0.2) is 42.8 Å². The quantitative estimate of drug-likeness (QED) is 0.183. The van der Waals surface area contributed by atoms with Crippen molar-refractivity contribution < 1.29 is 47.3 Å². The lowest BCUT2D eigenvalue weighted by Gasteiger charge is -2.23. The molecule has 3 aromatic rings. The van der Waals surface area contributed by atoms with Crippen LogP contribution in [-0.2, 0) is 23.8 Å². The first-order valence-electron chi connectivity index (χ1n) is 11.0. The average molecular weight is 486 g/mol. The van der Waals surface area contributed by atoms with Crippen molar-refractivity contribution in [2.24, 2.45) is 0 Å². The first kappa shape index (κ1) is 25.6. The Bertz CT molecular complexity index is 1190. The molecule has 0 radical (unpaired) electrons. The number of esters is 3. The van der Waals surface area contributed by atoms with Crippen LogP contribution in [0.1, 0.15) is 54.5 Å². The summed E-state index contributed by atoms with van der Waals surface area (Å²) in [5, 5.41) is 11.4. The maximum absolute atomic E-state index is 13.1. The summed E-state index contributed by atoms with van der Waals surface area (Å²) >= 11 is 0. The van der Waals surface area contributed by atoms with E-state index >= 15 is 0 Å². The number of hydrogen-bond donors (Lipinski definition) is 1. The highest BCUT2D eigenvalue weighted by Gasteiger charge is 2.37. The van der Waals surface area contributed by atoms with Crippen LogP contribution in [0.5, 0.6) is 5.75 Å². The van der Waals surface area contributed by atoms with Gasteiger partial charge in [-0.05, 0) is 45.0 Å². The van der Waals surface area contributed by atoms with Crippen LogP contribution < -0.4 is 4.74 Å². The molecule has 0 amide bonds. The fraction of sp³-hybridized carbons (Fsp3) is 0.320. The van der Waals surface area contributed by atoms with Gasteiger partial charge in [0.1, 0.15) is 17.8 Å². The summed E-state index contributed by atoms with van der Waals surface area (Å²) in [6.07, 6.45) is 3.29. The minimum absolute atomic E-state index is 0.0118. The molecule has 1 aromatic carbocycles. The van der Waals surface area contributed by atoms with E-state index in [0.717, 1.165) is 12.3 Å². The molecule has 186 valence electrons. The van der Waals surface area contributed by atoms with E-state index in [2.05, 4.69) is 0 Å². The van der Waals surface area contributed by atoms with E-state index in [9.17, 15) is 19.5 Å². The van der Waals surface area contributed by atoms with Gasteiger partial charge < -0.3 is 32.9 Å². The third-order valence-corrected chi connectivity index (χ3v) is 4.92. The smallest absolute Gasteiger partial charge is 0.338 e. The van der Waals surface area contributed by atoms with Crippen molar-refractivity contribution in [2.75, 3.05) is 19.8 Å². The summed E-state index contributed by atoms with van der Waals surface area (Å²) in [6, 6.07) is 5.96. The summed E-state index contributed by atoms with van der Waals surface area (Å²) in [4.78, 5) is 37.5. The third-order valence-electron chi connectivity index (χ3n) is 4.92. The van der Waals surface area contributed by atoms with Crippen LogP contribution >= 0.6 is 0 Å². The lowest BCUT2D eigenvalue weighted by Crippen LogP contribution is -2.24. The Morgan fingerprint density at radius 1 is 1.00 bits per heavy atom. The average Bonchev–Trinajstić information content (AvgIpc) is 3.53. The number of aliphatic hydroxyl groups is 1. The molecule has 0 aliphatic heterocycles. The Morgan fingerprint density at radius 3 is 2.40 bits per heavy atom. The van der Waals surface area contributed by atoms with Gasteiger partial charge in [0, 0.05) is 10.9 Å². The highest BCUT2D eigenvalue weighted by molar-refractivity contribution is 6.06. The van der Waals surface area contributed by atoms with E-state index < -0.39 is 29.9 Å². The van der Waals surface area contributed by atoms with Gasteiger partial charge >= 0.3 is 17.9 Å². The van der Waals surface area contributed by atoms with Crippen LogP contribution in [0.2, 0.25) is 0 Å². The molecule has 0 saturated carbocycles. The van der Waals surface area contributed by atoms with Crippen molar-refractivity contribution in [1.82, 2.24) is 0 Å². The fourth-order valence-corrected chi connectivity index (χ4v) is 3.49. The highest BCUT2D eigenvalue weighted by atomic mass is 16.5. The van der Waals surface area contributed by atoms with Crippen LogP contribution in [0, 0.1) is 0 Å². The minimum atomic E-state index is -1.50. The van der Waals surface area contributed by atoms with Crippen molar-refractivity contribution in [3.05, 3.63) is 66.0 Å². The SMILES string of the molecule is CCOC(=O)/C=C/Oc1c([C@@H](C(=O)OCC)[C@@H](O)c2ccco2)cc(C(=O)OCC)c2ccoc12. The molecule has 35 heavy (non-hydrogen) atoms. The Morgan fingerprint density at radius 2 is 1.74 bits per heavy atom. The first-order valence-corrected chi connectivity index (χ1v) is 11.0. The van der Waals surface area contributed by atoms with Gasteiger partial charge in [0.25, 0.3) is 0 Å². The zero-order valence-corrected chi connectivity index (χ0v) is 19.5. The molecule has 10 heteroatoms. The summed E-state index contributed by atoms with van der Waals surface area (Å²) in [5.74, 6) is -3.41. The van der Waals surface area contributed by atoms with Crippen LogP contribution in [0.25, 0.3) is 11.0 Å². The van der Waals surface area contributed by atoms with Crippen LogP contribution in [0.4, 0.5) is 0 Å². The highest BCUT2D eigenvalue weighted by Crippen LogP contribution is 2.43. The van der Waals surface area contributed by atoms with Crippen molar-refractivity contribution in [3.63, 3.8) is 0 Å². The van der Waals surface area contributed by atoms with Gasteiger partial charge in [-0.25, -0.2) is 9.59 Å². The Balaban J connectivity index is 2.22. The molecular formula is C25H26O10. The standard InChI is InChI=1S/C25H26O10/c1-4-30-19(26)10-13-35-23-17(14-16(24(28)31-5-2)15-9-12-34-22(15)23)20(25(29)32-6-3)21(27)18-8-7-11-33-18/h7-14,20-21,27H,4-6H2,1-3H3/b13-10+/t20-,21+/m1/s1. The second-order valence-corrected chi connectivity index (χ2v) is 7.09. The number of carbonyl (C=O) groups excluding carboxylic acids is 3. The molecule has 0 spiro atoms. The number of furan rings is 2. The second-order valence-electron chi connectivity index (χ2n) is 7.09. The predicted octanol–water partition coefficient (Wildman–Crippen LogP) is 4.04. The van der Waals surface area contributed by atoms with Gasteiger partial charge in [-0.15, -0.1) is 0 Å². The monoisotopic (exact) mass is 486 g/mol. The molecule has 0 saturated heterocycles. The van der Waals surface area contributed by atoms with E-state index in [1.165, 1.54) is 30.7 Å². The second kappa shape index (κ2) is 11.9. The lowest BCUT2D eigenvalue weighted by molar-refractivity contribution is -0.148. The molecule has 2 atom stereocenters. The molecule has 0 bridgehead atoms. The molecule has 2 heterocycles. The summed E-state index contributed by atoms with van der Waals surface area (Å²) in [7, 11) is 0. The van der Waals surface area contributed by atoms with E-state index in [-0.39, 0.29) is 48.0 Å². The van der Waals surface area contributed by atoms with Gasteiger partial charge in [-0.2, -0.15) is 0 Å². The van der Waals surface area contributed by atoms with E-state index in [1.54, 1.807) is 26.8 Å². The normalized spacial score (nSPS) is 12.9. The molecule has 10 nitrogen and oxygen atoms in total. The van der Waals surface area contributed by atoms with Crippen LogP contribution in [0.15, 0.2) is 58.0 Å². The van der Waals surface area contributed by atoms with Gasteiger partial charge in [-0.1, -0.05) is 0 Å². The number of aliphatic hydroxyl groups excluding tert-OH is 1. The van der Waals surface area contributed by atoms with Crippen LogP contribution in [0.3, 0.4) is 0 Å². The van der Waals surface area contributed by atoms with E-state index in [4.69, 9.17) is 27.8 Å². The largest absolute Gasteiger partial charge is 0.467 e. The Labute approximate surface area is 201 Å². The summed E-state index contributed by atoms with van der Waals surface area (Å²) < 4.78 is 31.8. The molecular weight excluding hydrogens is 460 g/mol. The molecule has 1 N–H and O–H groups in total. The van der Waals surface area contributed by atoms with E-state index in [0.29, 0.717) is 5.39 Å². The number of ether oxygens (including phenoxy) is 4. The van der Waals surface area contributed by atoms with E-state index in [1.807, 2.05) is 0 Å². The maximum atomic E-state index is 13.1. The molecule has 0 fully saturated rings. The molecule has 0 aliphatic carbocycles. The zero-order valence-electron chi connectivity index (χ0n) is 19.5. The van der Waals surface area contributed by atoms with Crippen molar-refractivity contribution in [1.29, 1.82) is 0 Å². The predicted molar refractivity (Wildman–Crippen MR) is 122 cm³/mol. The Hall–Kier alpha value is -4.05. The van der Waals surface area contributed by atoms with Gasteiger partial charge in [0.05, 0.1) is 50.2 Å². The van der Waals surface area contributed by atoms with Crippen molar-refractivity contribution in [3.8, 4) is 5.75 Å². The number of benzene rings is 1. The number of hydrogen-bond acceptors (Lipinski definition) is 10. The van der Waals surface area contributed by atoms with Crippen molar-refractivity contribution in [2.45, 2.75) is 32.8 Å². The van der Waals surface area contributed by atoms with Gasteiger partial charge in [0.15, 0.2) is 11.3 Å². The summed E-state index contributed by atoms with van der Waals surface area (Å²) in [6.45, 7) is 5.26. The number of rotatable bonds is 11. The molecule has 0 aliphatic rings. The minimum Gasteiger partial charge on any atom is -0.467 e. The number of carbonyl (C=O) groups is 3. The molecule has 0 unspecified atom stereocenters.